The van der Waals surface area contributed by atoms with Crippen LogP contribution in [0.4, 0.5) is 10.1 Å². The van der Waals surface area contributed by atoms with Gasteiger partial charge in [0.25, 0.3) is 0 Å². The Morgan fingerprint density at radius 2 is 1.67 bits per heavy atom. The molecule has 1 aliphatic heterocycles. The Morgan fingerprint density at radius 1 is 1.03 bits per heavy atom. The van der Waals surface area contributed by atoms with Crippen molar-refractivity contribution in [3.8, 4) is 22.3 Å². The van der Waals surface area contributed by atoms with Crippen molar-refractivity contribution in [1.82, 2.24) is 0 Å². The van der Waals surface area contributed by atoms with Gasteiger partial charge in [-0.1, -0.05) is 35.9 Å². The fourth-order valence-corrected chi connectivity index (χ4v) is 6.10. The minimum absolute atomic E-state index is 0.242. The molecule has 4 rings (SSSR count). The van der Waals surface area contributed by atoms with Gasteiger partial charge in [0.1, 0.15) is 5.82 Å². The molecule has 1 heterocycles. The summed E-state index contributed by atoms with van der Waals surface area (Å²) in [6.45, 7) is 10.7. The van der Waals surface area contributed by atoms with Crippen molar-refractivity contribution in [2.75, 3.05) is 4.72 Å². The molecule has 190 valence electrons. The van der Waals surface area contributed by atoms with Gasteiger partial charge in [-0.2, -0.15) is 0 Å². The first kappa shape index (κ1) is 25.9. The summed E-state index contributed by atoms with van der Waals surface area (Å²) in [5, 5.41) is 10.3. The maximum Gasteiger partial charge on any atom is 0.337 e. The van der Waals surface area contributed by atoms with Crippen molar-refractivity contribution in [2.24, 2.45) is 0 Å². The molecule has 0 aromatic heterocycles. The number of sulfonamides is 1. The number of rotatable bonds is 4. The summed E-state index contributed by atoms with van der Waals surface area (Å²) >= 11 is 0. The third kappa shape index (κ3) is 4.88. The van der Waals surface area contributed by atoms with Gasteiger partial charge >= 0.3 is 5.97 Å². The summed E-state index contributed by atoms with van der Waals surface area (Å²) in [5.41, 5.74) is 4.73. The third-order valence-corrected chi connectivity index (χ3v) is 7.50. The zero-order chi connectivity index (χ0) is 26.6. The predicted octanol–water partition coefficient (Wildman–Crippen LogP) is 6.28. The number of aryl methyl sites for hydroxylation is 1. The lowest BCUT2D eigenvalue weighted by atomic mass is 9.81. The van der Waals surface area contributed by atoms with Gasteiger partial charge in [0, 0.05) is 11.1 Å². The number of aliphatic carboxylic acids is 1. The zero-order valence-corrected chi connectivity index (χ0v) is 22.0. The number of ether oxygens (including phenoxy) is 1. The molecular weight excluding hydrogens is 481 g/mol. The second-order valence-electron chi connectivity index (χ2n) is 10.3. The van der Waals surface area contributed by atoms with E-state index in [0.717, 1.165) is 11.1 Å². The predicted molar refractivity (Wildman–Crippen MR) is 139 cm³/mol. The molecule has 6 nitrogen and oxygen atoms in total. The maximum absolute atomic E-state index is 14.4. The van der Waals surface area contributed by atoms with E-state index in [1.54, 1.807) is 34.6 Å². The highest BCUT2D eigenvalue weighted by atomic mass is 32.2. The number of carbonyl (C=O) groups is 1. The highest BCUT2D eigenvalue weighted by molar-refractivity contribution is 7.92. The topological polar surface area (TPSA) is 92.7 Å². The van der Waals surface area contributed by atoms with Crippen LogP contribution in [-0.4, -0.2) is 25.1 Å². The Hall–Kier alpha value is -3.23. The van der Waals surface area contributed by atoms with Crippen LogP contribution in [0.15, 0.2) is 42.5 Å². The van der Waals surface area contributed by atoms with Gasteiger partial charge in [-0.15, -0.1) is 0 Å². The Labute approximate surface area is 211 Å². The van der Waals surface area contributed by atoms with Gasteiger partial charge in [0.15, 0.2) is 6.10 Å². The molecule has 0 fully saturated rings. The molecule has 0 bridgehead atoms. The number of carboxylic acids is 1. The Kier molecular flexibility index (Phi) is 6.47. The summed E-state index contributed by atoms with van der Waals surface area (Å²) in [6.07, 6.45) is -1.37. The van der Waals surface area contributed by atoms with Crippen molar-refractivity contribution in [2.45, 2.75) is 59.0 Å². The number of hydrogen-bond acceptors (Lipinski definition) is 4. The fraction of sp³-hybridized carbons (Fsp3) is 0.321. The molecule has 2 N–H and O–H groups in total. The lowest BCUT2D eigenvalue weighted by Crippen LogP contribution is -2.29. The molecule has 1 atom stereocenters. The number of benzene rings is 3. The van der Waals surface area contributed by atoms with Crippen LogP contribution < -0.4 is 4.72 Å². The number of anilines is 1. The van der Waals surface area contributed by atoms with E-state index >= 15 is 0 Å². The van der Waals surface area contributed by atoms with Crippen molar-refractivity contribution < 1.29 is 27.4 Å². The number of hydrogen-bond donors (Lipinski definition) is 2. The minimum atomic E-state index is -3.84. The van der Waals surface area contributed by atoms with Crippen molar-refractivity contribution >= 4 is 21.7 Å². The molecule has 3 aromatic carbocycles. The molecule has 0 saturated carbocycles. The van der Waals surface area contributed by atoms with Crippen molar-refractivity contribution in [3.05, 3.63) is 76.1 Å². The number of fused-ring (bicyclic) bond motifs is 3. The van der Waals surface area contributed by atoms with Crippen molar-refractivity contribution in [1.29, 1.82) is 0 Å². The summed E-state index contributed by atoms with van der Waals surface area (Å²) in [7, 11) is -3.84. The van der Waals surface area contributed by atoms with E-state index in [1.807, 2.05) is 31.2 Å². The Morgan fingerprint density at radius 3 is 2.25 bits per heavy atom. The summed E-state index contributed by atoms with van der Waals surface area (Å²) in [4.78, 5) is 12.6. The summed E-state index contributed by atoms with van der Waals surface area (Å²) < 4.78 is 49.2. The van der Waals surface area contributed by atoms with E-state index in [2.05, 4.69) is 4.72 Å². The van der Waals surface area contributed by atoms with Gasteiger partial charge in [-0.25, -0.2) is 17.6 Å². The largest absolute Gasteiger partial charge is 0.479 e. The van der Waals surface area contributed by atoms with Gasteiger partial charge < -0.3 is 9.84 Å². The first-order valence-electron chi connectivity index (χ1n) is 11.6. The molecule has 0 aliphatic carbocycles. The van der Waals surface area contributed by atoms with E-state index < -0.39 is 33.5 Å². The molecule has 0 amide bonds. The average Bonchev–Trinajstić information content (AvgIpc) is 2.87. The normalized spacial score (nSPS) is 15.3. The molecule has 1 aliphatic rings. The zero-order valence-electron chi connectivity index (χ0n) is 21.2. The molecule has 36 heavy (non-hydrogen) atoms. The minimum Gasteiger partial charge on any atom is -0.479 e. The number of nitrogens with one attached hydrogen (secondary N) is 1. The molecule has 3 aromatic rings. The van der Waals surface area contributed by atoms with Crippen LogP contribution in [-0.2, 0) is 25.3 Å². The Bertz CT molecular complexity index is 1470. The second kappa shape index (κ2) is 9.01. The smallest absolute Gasteiger partial charge is 0.337 e. The molecule has 0 radical (unpaired) electrons. The van der Waals surface area contributed by atoms with Crippen LogP contribution >= 0.6 is 0 Å². The van der Waals surface area contributed by atoms with Gasteiger partial charge in [-0.05, 0) is 87.1 Å². The van der Waals surface area contributed by atoms with Crippen LogP contribution in [0.1, 0.15) is 54.7 Å². The average molecular weight is 512 g/mol. The lowest BCUT2D eigenvalue weighted by molar-refractivity contribution is -0.160. The number of halogens is 1. The van der Waals surface area contributed by atoms with E-state index in [9.17, 15) is 22.7 Å². The van der Waals surface area contributed by atoms with Gasteiger partial charge in [-0.3, -0.25) is 4.72 Å². The van der Waals surface area contributed by atoms with Crippen LogP contribution in [0, 0.1) is 26.6 Å². The Balaban J connectivity index is 2.19. The SMILES string of the molecule is Cc1ccc(-c2c(C)c3c(c(C)c2[C@H](OC(C)(C)C)C(=O)O)NS(=O)(=O)Cc2ccc(F)cc2-3)cc1. The van der Waals surface area contributed by atoms with E-state index in [1.165, 1.54) is 18.2 Å². The van der Waals surface area contributed by atoms with Crippen LogP contribution in [0.5, 0.6) is 0 Å². The second-order valence-corrected chi connectivity index (χ2v) is 12.0. The van der Waals surface area contributed by atoms with Gasteiger partial charge in [0.2, 0.25) is 10.0 Å². The fourth-order valence-electron chi connectivity index (χ4n) is 4.80. The highest BCUT2D eigenvalue weighted by Crippen LogP contribution is 2.49. The highest BCUT2D eigenvalue weighted by Gasteiger charge is 2.36. The van der Waals surface area contributed by atoms with Crippen LogP contribution in [0.2, 0.25) is 0 Å². The monoisotopic (exact) mass is 511 g/mol. The quantitative estimate of drug-likeness (QED) is 0.430. The molecule has 8 heteroatoms. The van der Waals surface area contributed by atoms with Crippen LogP contribution in [0.3, 0.4) is 0 Å². The third-order valence-electron chi connectivity index (χ3n) is 6.29. The van der Waals surface area contributed by atoms with Crippen LogP contribution in [0.25, 0.3) is 22.3 Å². The number of carboxylic acid groups (broad SMARTS) is 1. The standard InChI is InChI=1S/C28H30FNO5S/c1-15-7-9-18(10-8-15)22-16(2)23-21-13-20(29)12-11-19(21)14-36(33,34)30-25(23)17(3)24(22)26(27(31)32)35-28(4,5)6/h7-13,26,30H,14H2,1-6H3,(H,31,32)/t26-/m0/s1. The van der Waals surface area contributed by atoms with E-state index in [0.29, 0.717) is 38.9 Å². The van der Waals surface area contributed by atoms with Gasteiger partial charge in [0.05, 0.1) is 17.0 Å². The van der Waals surface area contributed by atoms with Crippen molar-refractivity contribution in [3.63, 3.8) is 0 Å². The first-order chi connectivity index (χ1) is 16.7. The summed E-state index contributed by atoms with van der Waals surface area (Å²) in [5.74, 6) is -2.01. The molecule has 0 saturated heterocycles. The molecule has 0 unspecified atom stereocenters. The maximum atomic E-state index is 14.4. The molecular formula is C28H30FNO5S. The lowest BCUT2D eigenvalue weighted by Gasteiger charge is -2.31. The van der Waals surface area contributed by atoms with E-state index in [-0.39, 0.29) is 11.4 Å². The molecule has 0 spiro atoms. The van der Waals surface area contributed by atoms with E-state index in [4.69, 9.17) is 4.74 Å². The first-order valence-corrected chi connectivity index (χ1v) is 13.3. The summed E-state index contributed by atoms with van der Waals surface area (Å²) in [6, 6.07) is 11.7.